The van der Waals surface area contributed by atoms with Gasteiger partial charge in [-0.1, -0.05) is 68.1 Å². The van der Waals surface area contributed by atoms with E-state index in [1.165, 1.54) is 48.6 Å². The number of amides is 2. The molecule has 6 fully saturated rings. The van der Waals surface area contributed by atoms with Gasteiger partial charge >= 0.3 is 12.0 Å². The van der Waals surface area contributed by atoms with Crippen molar-refractivity contribution in [2.45, 2.75) is 100 Å². The number of likely N-dealkylation sites (tertiary alicyclic amines) is 2. The van der Waals surface area contributed by atoms with Gasteiger partial charge in [-0.25, -0.2) is 22.0 Å². The Kier molecular flexibility index (Phi) is 16.5. The Morgan fingerprint density at radius 2 is 1.24 bits per heavy atom. The van der Waals surface area contributed by atoms with Crippen molar-refractivity contribution in [1.29, 1.82) is 0 Å². The Bertz CT molecular complexity index is 4210. The first-order valence-corrected chi connectivity index (χ1v) is 31.5. The monoisotopic (exact) mass is 1260 g/mol. The van der Waals surface area contributed by atoms with E-state index in [2.05, 4.69) is 47.9 Å². The molecule has 23 heteroatoms. The van der Waals surface area contributed by atoms with Crippen LogP contribution in [0.15, 0.2) is 98.4 Å². The highest BCUT2D eigenvalue weighted by molar-refractivity contribution is 6.36. The Balaban J connectivity index is 0.000000167. The predicted molar refractivity (Wildman–Crippen MR) is 341 cm³/mol. The molecule has 17 nitrogen and oxygen atoms in total. The summed E-state index contributed by atoms with van der Waals surface area (Å²) < 4.78 is 91.8. The smallest absolute Gasteiger partial charge is 0.319 e. The van der Waals surface area contributed by atoms with E-state index in [1.54, 1.807) is 29.2 Å². The Hall–Kier alpha value is -8.34. The van der Waals surface area contributed by atoms with Crippen molar-refractivity contribution in [3.8, 4) is 40.3 Å². The zero-order valence-corrected chi connectivity index (χ0v) is 51.8. The SMILES string of the molecule is C=CC(=O)N1CC(N(C)c2nc(OCC34CCCN3CCC4)nc3c(F)c(-c4cccc5cccc(Cl)c45)ncc23)C(F)(F)C1.C=CC(=O)N1CCC(N(C)c2nc(OCC34CCCN3CCC4)nc3c(F)c(-c4cc(O)cc5ccc(F)c(CC)c45)ncc23)C1. The molecule has 4 aromatic carbocycles. The van der Waals surface area contributed by atoms with Crippen LogP contribution < -0.4 is 19.3 Å². The number of hydrogen-bond donors (Lipinski definition) is 1. The van der Waals surface area contributed by atoms with Crippen molar-refractivity contribution >= 4 is 78.4 Å². The van der Waals surface area contributed by atoms with Gasteiger partial charge in [-0.05, 0) is 149 Å². The Labute approximate surface area is 528 Å². The number of alkyl halides is 2. The zero-order valence-electron chi connectivity index (χ0n) is 51.0. The summed E-state index contributed by atoms with van der Waals surface area (Å²) in [7, 11) is 3.33. The number of aromatic hydroxyl groups is 1. The van der Waals surface area contributed by atoms with E-state index in [0.29, 0.717) is 82.7 Å². The number of benzene rings is 4. The number of halogens is 6. The predicted octanol–water partition coefficient (Wildman–Crippen LogP) is 11.7. The summed E-state index contributed by atoms with van der Waals surface area (Å²) in [5.41, 5.74) is 0.841. The van der Waals surface area contributed by atoms with E-state index in [4.69, 9.17) is 26.1 Å². The maximum absolute atomic E-state index is 16.8. The van der Waals surface area contributed by atoms with Crippen LogP contribution in [0.5, 0.6) is 17.8 Å². The normalized spacial score (nSPS) is 19.9. The molecular weight excluding hydrogens is 1200 g/mol. The summed E-state index contributed by atoms with van der Waals surface area (Å²) in [5.74, 6) is -5.46. The molecule has 4 aromatic heterocycles. The minimum absolute atomic E-state index is 0.0183. The quantitative estimate of drug-likeness (QED) is 0.0759. The number of ether oxygens (including phenoxy) is 2. The number of aromatic nitrogens is 6. The second kappa shape index (κ2) is 24.4. The minimum atomic E-state index is -3.27. The highest BCUT2D eigenvalue weighted by atomic mass is 35.5. The van der Waals surface area contributed by atoms with Gasteiger partial charge in [-0.3, -0.25) is 29.4 Å². The van der Waals surface area contributed by atoms with Crippen LogP contribution in [0.4, 0.5) is 33.6 Å². The van der Waals surface area contributed by atoms with Crippen molar-refractivity contribution in [3.63, 3.8) is 0 Å². The van der Waals surface area contributed by atoms with Crippen LogP contribution in [0.25, 0.3) is 65.9 Å². The Morgan fingerprint density at radius 1 is 0.692 bits per heavy atom. The summed E-state index contributed by atoms with van der Waals surface area (Å²) in [6, 6.07) is 15.1. The molecule has 8 aromatic rings. The third-order valence-corrected chi connectivity index (χ3v) is 20.1. The lowest BCUT2D eigenvalue weighted by molar-refractivity contribution is -0.126. The summed E-state index contributed by atoms with van der Waals surface area (Å²) in [5, 5.41) is 14.1. The van der Waals surface area contributed by atoms with Crippen LogP contribution in [0.3, 0.4) is 0 Å². The topological polar surface area (TPSA) is 170 Å². The summed E-state index contributed by atoms with van der Waals surface area (Å²) in [4.78, 5) is 63.0. The molecule has 91 heavy (non-hydrogen) atoms. The van der Waals surface area contributed by atoms with Crippen molar-refractivity contribution in [3.05, 3.63) is 126 Å². The van der Waals surface area contributed by atoms with Crippen molar-refractivity contribution < 1.29 is 46.1 Å². The first-order valence-electron chi connectivity index (χ1n) is 31.1. The molecule has 2 amide bonds. The number of carbonyl (C=O) groups is 2. The number of phenolic OH excluding ortho intramolecular Hbond substituents is 1. The molecule has 474 valence electrons. The average Bonchev–Trinajstić information content (AvgIpc) is 1.57. The van der Waals surface area contributed by atoms with Crippen LogP contribution in [-0.4, -0.2) is 175 Å². The lowest BCUT2D eigenvalue weighted by Crippen LogP contribution is -2.46. The molecule has 2 unspecified atom stereocenters. The number of anilines is 2. The molecule has 0 radical (unpaired) electrons. The standard InChI is InChI=1S/C35H38F2N6O3.C33H32ClF3N6O2/c1-4-24-27(36)9-8-21-16-23(44)17-25(29(21)24)31-30(37)32-26(18-38-31)33(41(3)22-10-15-42(19-22)28(45)5-2)40-34(39-32)46-20-35-11-6-13-43(35)14-7-12-35;1-3-25(44)42-17-24(33(36,37)18-42)41(2)30-22-16-38-28(21-10-4-8-20-9-5-11-23(34)26(20)21)27(35)29(22)39-31(40-30)45-19-32-12-6-14-43(32)15-7-13-32/h5,8-9,16-18,22,44H,2,4,6-7,10-15,19-20H2,1,3H3;3-5,8-11,16,24H,1,6-7,12-15,17-19H2,2H3. The zero-order chi connectivity index (χ0) is 63.7. The third-order valence-electron chi connectivity index (χ3n) is 19.8. The van der Waals surface area contributed by atoms with Crippen LogP contribution in [0.2, 0.25) is 5.02 Å². The highest BCUT2D eigenvalue weighted by Gasteiger charge is 2.52. The number of hydrogen-bond acceptors (Lipinski definition) is 15. The molecule has 0 saturated carbocycles. The second-order valence-corrected chi connectivity index (χ2v) is 25.3. The molecule has 14 rings (SSSR count). The van der Waals surface area contributed by atoms with E-state index in [9.17, 15) is 19.1 Å². The van der Waals surface area contributed by atoms with Crippen LogP contribution in [-0.2, 0) is 16.0 Å². The fourth-order valence-corrected chi connectivity index (χ4v) is 15.4. The van der Waals surface area contributed by atoms with Crippen molar-refractivity contribution in [1.82, 2.24) is 49.5 Å². The number of aryl methyl sites for hydroxylation is 1. The van der Waals surface area contributed by atoms with Gasteiger partial charge in [-0.2, -0.15) is 19.9 Å². The third kappa shape index (κ3) is 11.0. The first-order chi connectivity index (χ1) is 43.8. The Morgan fingerprint density at radius 3 is 1.81 bits per heavy atom. The van der Waals surface area contributed by atoms with Gasteiger partial charge in [0.2, 0.25) is 11.8 Å². The lowest BCUT2D eigenvalue weighted by Gasteiger charge is -2.32. The van der Waals surface area contributed by atoms with Gasteiger partial charge in [0.25, 0.3) is 5.92 Å². The molecule has 6 aliphatic rings. The average molecular weight is 1270 g/mol. The van der Waals surface area contributed by atoms with Gasteiger partial charge in [0.15, 0.2) is 11.6 Å². The van der Waals surface area contributed by atoms with Crippen molar-refractivity contribution in [2.75, 3.05) is 89.5 Å². The maximum atomic E-state index is 16.8. The molecule has 6 saturated heterocycles. The maximum Gasteiger partial charge on any atom is 0.319 e. The van der Waals surface area contributed by atoms with Crippen LogP contribution in [0, 0.1) is 17.5 Å². The number of likely N-dealkylation sites (N-methyl/N-ethyl adjacent to an activating group) is 2. The number of carbonyl (C=O) groups excluding carboxylic acids is 2. The van der Waals surface area contributed by atoms with Crippen LogP contribution >= 0.6 is 11.6 Å². The number of pyridine rings is 2. The van der Waals surface area contributed by atoms with Crippen molar-refractivity contribution in [2.24, 2.45) is 0 Å². The minimum Gasteiger partial charge on any atom is -0.508 e. The van der Waals surface area contributed by atoms with E-state index >= 15 is 17.6 Å². The first kappa shape index (κ1) is 61.5. The number of rotatable bonds is 15. The fraction of sp³-hybridized carbons (Fsp3) is 0.412. The van der Waals surface area contributed by atoms with E-state index in [0.717, 1.165) is 93.9 Å². The van der Waals surface area contributed by atoms with E-state index < -0.39 is 41.9 Å². The van der Waals surface area contributed by atoms with E-state index in [-0.39, 0.29) is 86.5 Å². The van der Waals surface area contributed by atoms with Gasteiger partial charge in [0, 0.05) is 73.7 Å². The highest BCUT2D eigenvalue weighted by Crippen LogP contribution is 2.45. The molecule has 6 aliphatic heterocycles. The summed E-state index contributed by atoms with van der Waals surface area (Å²) in [6.45, 7) is 13.7. The molecule has 0 bridgehead atoms. The molecule has 2 atom stereocenters. The molecular formula is C68H70ClF5N12O5. The summed E-state index contributed by atoms with van der Waals surface area (Å²) in [6.07, 6.45) is 14.7. The second-order valence-electron chi connectivity index (χ2n) is 24.9. The van der Waals surface area contributed by atoms with E-state index in [1.807, 2.05) is 37.1 Å². The van der Waals surface area contributed by atoms with Gasteiger partial charge in [0.05, 0.1) is 28.4 Å². The molecule has 0 spiro atoms. The molecule has 10 heterocycles. The molecule has 0 aliphatic carbocycles. The number of fused-ring (bicyclic) bond motifs is 6. The number of phenols is 1. The van der Waals surface area contributed by atoms with Crippen LogP contribution in [0.1, 0.15) is 70.3 Å². The lowest BCUT2D eigenvalue weighted by atomic mass is 9.94. The van der Waals surface area contributed by atoms with Gasteiger partial charge < -0.3 is 34.2 Å². The summed E-state index contributed by atoms with van der Waals surface area (Å²) >= 11 is 6.55. The largest absolute Gasteiger partial charge is 0.508 e. The molecule has 1 N–H and O–H groups in total. The number of nitrogens with zero attached hydrogens (tertiary/aromatic N) is 12. The van der Waals surface area contributed by atoms with Gasteiger partial charge in [-0.15, -0.1) is 0 Å². The fourth-order valence-electron chi connectivity index (χ4n) is 15.1. The van der Waals surface area contributed by atoms with Gasteiger partial charge in [0.1, 0.15) is 64.9 Å².